The zero-order chi connectivity index (χ0) is 20.6. The van der Waals surface area contributed by atoms with Gasteiger partial charge in [0.25, 0.3) is 5.19 Å². The van der Waals surface area contributed by atoms with E-state index >= 15 is 0 Å². The summed E-state index contributed by atoms with van der Waals surface area (Å²) in [6.07, 6.45) is 0.457. The highest BCUT2D eigenvalue weighted by Gasteiger charge is 2.32. The molecule has 2 heterocycles. The Hall–Kier alpha value is -2.55. The van der Waals surface area contributed by atoms with E-state index < -0.39 is 11.6 Å². The maximum absolute atomic E-state index is 12.4. The summed E-state index contributed by atoms with van der Waals surface area (Å²) in [6, 6.07) is 3.39. The number of methoxy groups -OCH3 is 1. The van der Waals surface area contributed by atoms with Crippen LogP contribution in [0.4, 0.5) is 10.5 Å². The molecule has 152 valence electrons. The van der Waals surface area contributed by atoms with Crippen molar-refractivity contribution < 1.29 is 24.2 Å². The third-order valence-electron chi connectivity index (χ3n) is 4.64. The lowest BCUT2D eigenvalue weighted by molar-refractivity contribution is 0.0237. The Morgan fingerprint density at radius 3 is 2.68 bits per heavy atom. The van der Waals surface area contributed by atoms with Gasteiger partial charge in [-0.1, -0.05) is 11.3 Å². The molecule has 1 N–H and O–H groups in total. The molecule has 3 rings (SSSR count). The van der Waals surface area contributed by atoms with Gasteiger partial charge in [-0.2, -0.15) is 0 Å². The van der Waals surface area contributed by atoms with Gasteiger partial charge in [0.05, 0.1) is 29.1 Å². The molecule has 0 unspecified atom stereocenters. The molecule has 0 aliphatic carbocycles. The van der Waals surface area contributed by atoms with Gasteiger partial charge in [-0.3, -0.25) is 0 Å². The molecule has 1 aromatic carbocycles. The molecule has 0 bridgehead atoms. The molecular weight excluding hydrogens is 382 g/mol. The lowest BCUT2D eigenvalue weighted by Gasteiger charge is -2.29. The van der Waals surface area contributed by atoms with Gasteiger partial charge in [-0.05, 0) is 39.3 Å². The van der Waals surface area contributed by atoms with Crippen molar-refractivity contribution in [3.63, 3.8) is 0 Å². The molecule has 2 aromatic rings. The second-order valence-corrected chi connectivity index (χ2v) is 8.74. The lowest BCUT2D eigenvalue weighted by atomic mass is 10.1. The second kappa shape index (κ2) is 7.46. The number of carboxylic acid groups (broad SMARTS) is 1. The molecule has 0 radical (unpaired) electrons. The van der Waals surface area contributed by atoms with E-state index in [9.17, 15) is 14.7 Å². The highest BCUT2D eigenvalue weighted by Crippen LogP contribution is 2.38. The van der Waals surface area contributed by atoms with Gasteiger partial charge < -0.3 is 24.4 Å². The number of hydrogen-bond acceptors (Lipinski definition) is 7. The molecule has 1 aliphatic heterocycles. The van der Waals surface area contributed by atoms with Gasteiger partial charge in [-0.15, -0.1) is 0 Å². The normalized spacial score (nSPS) is 17.0. The highest BCUT2D eigenvalue weighted by atomic mass is 32.1. The molecule has 1 amide bonds. The number of ether oxygens (including phenoxy) is 2. The lowest BCUT2D eigenvalue weighted by Crippen LogP contribution is -2.42. The highest BCUT2D eigenvalue weighted by molar-refractivity contribution is 7.20. The van der Waals surface area contributed by atoms with Crippen molar-refractivity contribution in [1.82, 2.24) is 9.88 Å². The minimum Gasteiger partial charge on any atom is -0.478 e. The number of hydrogen-bond donors (Lipinski definition) is 1. The van der Waals surface area contributed by atoms with Crippen LogP contribution in [0.1, 0.15) is 37.6 Å². The summed E-state index contributed by atoms with van der Waals surface area (Å²) in [6.45, 7) is 6.92. The van der Waals surface area contributed by atoms with Crippen molar-refractivity contribution in [2.24, 2.45) is 0 Å². The Bertz CT molecular complexity index is 905. The summed E-state index contributed by atoms with van der Waals surface area (Å²) in [4.78, 5) is 32.0. The number of carbonyl (C=O) groups is 2. The Kier molecular flexibility index (Phi) is 5.38. The van der Waals surface area contributed by atoms with Crippen LogP contribution in [0.3, 0.4) is 0 Å². The number of aromatic nitrogens is 1. The molecule has 1 saturated heterocycles. The van der Waals surface area contributed by atoms with Gasteiger partial charge in [0, 0.05) is 20.1 Å². The Balaban J connectivity index is 1.84. The molecule has 28 heavy (non-hydrogen) atoms. The van der Waals surface area contributed by atoms with Gasteiger partial charge >= 0.3 is 12.1 Å². The number of rotatable bonds is 4. The van der Waals surface area contributed by atoms with Crippen molar-refractivity contribution in [1.29, 1.82) is 0 Å². The standard InChI is InChI=1S/C19H25N3O5S/c1-19(2,3)27-18(25)21(4)11-8-9-22(10-11)13-7-6-12(16(23)24)14-15(13)28-17(20-14)26-5/h6-7,11H,8-10H2,1-5H3,(H,23,24)/t11-/m0/s1. The SMILES string of the molecule is COc1nc2c(C(=O)O)ccc(N3CC[C@H](N(C)C(=O)OC(C)(C)C)C3)c2s1. The molecular formula is C19H25N3O5S. The topological polar surface area (TPSA) is 92.2 Å². The molecule has 0 spiro atoms. The fourth-order valence-electron chi connectivity index (χ4n) is 3.24. The summed E-state index contributed by atoms with van der Waals surface area (Å²) in [5.74, 6) is -1.02. The van der Waals surface area contributed by atoms with E-state index in [0.29, 0.717) is 17.3 Å². The van der Waals surface area contributed by atoms with E-state index in [4.69, 9.17) is 9.47 Å². The first-order chi connectivity index (χ1) is 13.1. The largest absolute Gasteiger partial charge is 0.478 e. The van der Waals surface area contributed by atoms with Crippen molar-refractivity contribution in [3.8, 4) is 5.19 Å². The van der Waals surface area contributed by atoms with Crippen LogP contribution in [-0.4, -0.2) is 65.9 Å². The van der Waals surface area contributed by atoms with Gasteiger partial charge in [-0.25, -0.2) is 14.6 Å². The predicted octanol–water partition coefficient (Wildman–Crippen LogP) is 3.45. The zero-order valence-electron chi connectivity index (χ0n) is 16.7. The number of nitrogens with zero attached hydrogens (tertiary/aromatic N) is 3. The molecule has 0 saturated carbocycles. The number of carboxylic acids is 1. The monoisotopic (exact) mass is 407 g/mol. The van der Waals surface area contributed by atoms with Crippen LogP contribution in [0, 0.1) is 0 Å². The molecule has 9 heteroatoms. The first kappa shape index (κ1) is 20.2. The number of anilines is 1. The van der Waals surface area contributed by atoms with Crippen LogP contribution >= 0.6 is 11.3 Å². The minimum atomic E-state index is -1.02. The summed E-state index contributed by atoms with van der Waals surface area (Å²) < 4.78 is 11.5. The van der Waals surface area contributed by atoms with Crippen LogP contribution in [-0.2, 0) is 4.74 Å². The van der Waals surface area contributed by atoms with Crippen molar-refractivity contribution in [2.45, 2.75) is 38.8 Å². The van der Waals surface area contributed by atoms with E-state index in [1.807, 2.05) is 20.8 Å². The minimum absolute atomic E-state index is 0.0128. The van der Waals surface area contributed by atoms with E-state index in [2.05, 4.69) is 9.88 Å². The predicted molar refractivity (Wildman–Crippen MR) is 108 cm³/mol. The number of aromatic carboxylic acids is 1. The van der Waals surface area contributed by atoms with Crippen LogP contribution in [0.15, 0.2) is 12.1 Å². The number of carbonyl (C=O) groups excluding carboxylic acids is 1. The van der Waals surface area contributed by atoms with Crippen LogP contribution in [0.25, 0.3) is 10.2 Å². The average molecular weight is 407 g/mol. The number of amides is 1. The third-order valence-corrected chi connectivity index (χ3v) is 5.68. The third kappa shape index (κ3) is 3.99. The second-order valence-electron chi connectivity index (χ2n) is 7.78. The first-order valence-corrected chi connectivity index (χ1v) is 9.84. The quantitative estimate of drug-likeness (QED) is 0.830. The maximum Gasteiger partial charge on any atom is 0.410 e. The summed E-state index contributed by atoms with van der Waals surface area (Å²) >= 11 is 1.32. The summed E-state index contributed by atoms with van der Waals surface area (Å²) in [5, 5.41) is 9.86. The van der Waals surface area contributed by atoms with Crippen molar-refractivity contribution in [2.75, 3.05) is 32.1 Å². The molecule has 1 aliphatic rings. The van der Waals surface area contributed by atoms with Gasteiger partial charge in [0.2, 0.25) is 0 Å². The summed E-state index contributed by atoms with van der Waals surface area (Å²) in [7, 11) is 3.26. The molecule has 8 nitrogen and oxygen atoms in total. The number of fused-ring (bicyclic) bond motifs is 1. The van der Waals surface area contributed by atoms with Gasteiger partial charge in [0.15, 0.2) is 0 Å². The van der Waals surface area contributed by atoms with E-state index in [0.717, 1.165) is 23.4 Å². The van der Waals surface area contributed by atoms with E-state index in [1.165, 1.54) is 18.4 Å². The summed E-state index contributed by atoms with van der Waals surface area (Å²) in [5.41, 5.74) is 0.943. The van der Waals surface area contributed by atoms with Crippen molar-refractivity contribution >= 4 is 39.3 Å². The average Bonchev–Trinajstić information content (AvgIpc) is 3.25. The van der Waals surface area contributed by atoms with Gasteiger partial charge in [0.1, 0.15) is 11.1 Å². The molecule has 1 aromatic heterocycles. The fourth-order valence-corrected chi connectivity index (χ4v) is 4.19. The first-order valence-electron chi connectivity index (χ1n) is 9.02. The van der Waals surface area contributed by atoms with Crippen molar-refractivity contribution in [3.05, 3.63) is 17.7 Å². The Morgan fingerprint density at radius 2 is 2.07 bits per heavy atom. The van der Waals surface area contributed by atoms with Crippen LogP contribution < -0.4 is 9.64 Å². The van der Waals surface area contributed by atoms with E-state index in [-0.39, 0.29) is 17.7 Å². The van der Waals surface area contributed by atoms with E-state index in [1.54, 1.807) is 24.1 Å². The molecule has 1 atom stereocenters. The Morgan fingerprint density at radius 1 is 1.36 bits per heavy atom. The fraction of sp³-hybridized carbons (Fsp3) is 0.526. The zero-order valence-corrected chi connectivity index (χ0v) is 17.5. The number of benzene rings is 1. The smallest absolute Gasteiger partial charge is 0.410 e. The maximum atomic E-state index is 12.4. The van der Waals surface area contributed by atoms with Crippen LogP contribution in [0.2, 0.25) is 0 Å². The molecule has 1 fully saturated rings. The number of thiazole rings is 1. The Labute approximate surface area is 167 Å². The number of likely N-dealkylation sites (N-methyl/N-ethyl adjacent to an activating group) is 1. The van der Waals surface area contributed by atoms with Crippen LogP contribution in [0.5, 0.6) is 5.19 Å².